The van der Waals surface area contributed by atoms with Crippen molar-refractivity contribution < 1.29 is 23.0 Å². The molecule has 254 valence electrons. The Labute approximate surface area is 284 Å². The average Bonchev–Trinajstić information content (AvgIpc) is 3.39. The molecule has 0 radical (unpaired) electrons. The summed E-state index contributed by atoms with van der Waals surface area (Å²) in [5.41, 5.74) is 3.81. The van der Waals surface area contributed by atoms with Gasteiger partial charge in [-0.1, -0.05) is 66.7 Å². The Balaban J connectivity index is 1.15. The predicted octanol–water partition coefficient (Wildman–Crippen LogP) is 5.66. The van der Waals surface area contributed by atoms with Gasteiger partial charge in [0.1, 0.15) is 25.1 Å². The maximum Gasteiger partial charge on any atom is 0.410 e. The number of nitrogens with zero attached hydrogens (tertiary/aromatic N) is 7. The maximum absolute atomic E-state index is 14.1. The van der Waals surface area contributed by atoms with Gasteiger partial charge in [0.25, 0.3) is 5.92 Å². The lowest BCUT2D eigenvalue weighted by molar-refractivity contribution is 0.0136. The Hall–Kier alpha value is -5.02. The molecule has 1 amide bonds. The Morgan fingerprint density at radius 1 is 0.980 bits per heavy atom. The molecule has 4 aromatic rings. The summed E-state index contributed by atoms with van der Waals surface area (Å²) in [6.45, 7) is 10.1. The standard InChI is InChI=1S/C37H39F2N7O3/c1-40-20-29-21-45(17-18-46(29)36(47)49-23-26-9-4-3-5-10-26)34-31-15-16-44(33-14-8-12-27-11-6-7-13-30(27)33)22-32(31)41-35(42-34)48-24-28-19-37(38,39)25-43(28)2/h3-14,28-29H,15-25H2,2H3/t28-,29-/m0/s1. The number of ether oxygens (including phenoxy) is 2. The Morgan fingerprint density at radius 2 is 1.78 bits per heavy atom. The number of halogens is 2. The van der Waals surface area contributed by atoms with Crippen LogP contribution in [0.1, 0.15) is 23.2 Å². The highest BCUT2D eigenvalue weighted by atomic mass is 19.3. The fraction of sp³-hybridized carbons (Fsp3) is 0.405. The summed E-state index contributed by atoms with van der Waals surface area (Å²) in [5, 5.41) is 2.31. The molecule has 0 bridgehead atoms. The number of carbonyl (C=O) groups is 1. The highest BCUT2D eigenvalue weighted by Crippen LogP contribution is 2.35. The molecular formula is C37H39F2N7O3. The molecule has 0 saturated carbocycles. The van der Waals surface area contributed by atoms with E-state index in [2.05, 4.69) is 45.0 Å². The summed E-state index contributed by atoms with van der Waals surface area (Å²) in [6.07, 6.45) is -0.0517. The number of likely N-dealkylation sites (tertiary alicyclic amines) is 1. The first-order valence-electron chi connectivity index (χ1n) is 16.7. The fourth-order valence-corrected chi connectivity index (χ4v) is 7.17. The lowest BCUT2D eigenvalue weighted by atomic mass is 10.0. The van der Waals surface area contributed by atoms with Gasteiger partial charge in [0.15, 0.2) is 0 Å². The largest absolute Gasteiger partial charge is 0.462 e. The van der Waals surface area contributed by atoms with E-state index in [9.17, 15) is 13.6 Å². The van der Waals surface area contributed by atoms with Crippen molar-refractivity contribution in [3.8, 4) is 6.01 Å². The van der Waals surface area contributed by atoms with Crippen LogP contribution in [0.2, 0.25) is 0 Å². The molecule has 4 heterocycles. The first-order chi connectivity index (χ1) is 23.8. The topological polar surface area (TPSA) is 78.6 Å². The lowest BCUT2D eigenvalue weighted by Gasteiger charge is -2.40. The third kappa shape index (κ3) is 7.08. The third-order valence-corrected chi connectivity index (χ3v) is 9.70. The number of alkyl halides is 2. The average molecular weight is 668 g/mol. The van der Waals surface area contributed by atoms with Gasteiger partial charge in [0.2, 0.25) is 6.54 Å². The van der Waals surface area contributed by atoms with Crippen LogP contribution < -0.4 is 14.5 Å². The Bertz CT molecular complexity index is 1850. The summed E-state index contributed by atoms with van der Waals surface area (Å²) < 4.78 is 40.0. The van der Waals surface area contributed by atoms with Crippen LogP contribution in [0.5, 0.6) is 6.01 Å². The molecule has 2 atom stereocenters. The molecule has 2 fully saturated rings. The molecule has 0 N–H and O–H groups in total. The zero-order valence-corrected chi connectivity index (χ0v) is 27.5. The molecule has 1 aromatic heterocycles. The summed E-state index contributed by atoms with van der Waals surface area (Å²) in [6, 6.07) is 23.3. The van der Waals surface area contributed by atoms with Crippen LogP contribution in [0.4, 0.5) is 25.1 Å². The first kappa shape index (κ1) is 32.5. The van der Waals surface area contributed by atoms with Gasteiger partial charge in [-0.25, -0.2) is 20.1 Å². The van der Waals surface area contributed by atoms with Crippen LogP contribution in [0.3, 0.4) is 0 Å². The van der Waals surface area contributed by atoms with Crippen LogP contribution in [0.25, 0.3) is 15.6 Å². The van der Waals surface area contributed by atoms with E-state index in [0.717, 1.165) is 39.8 Å². The van der Waals surface area contributed by atoms with Crippen LogP contribution in [0, 0.1) is 6.57 Å². The van der Waals surface area contributed by atoms with Crippen molar-refractivity contribution in [2.45, 2.75) is 44.0 Å². The number of hydrogen-bond acceptors (Lipinski definition) is 8. The van der Waals surface area contributed by atoms with Crippen molar-refractivity contribution in [3.63, 3.8) is 0 Å². The fourth-order valence-electron chi connectivity index (χ4n) is 7.17. The van der Waals surface area contributed by atoms with Gasteiger partial charge in [0.05, 0.1) is 18.8 Å². The van der Waals surface area contributed by atoms with Crippen LogP contribution >= 0.6 is 0 Å². The van der Waals surface area contributed by atoms with E-state index in [1.54, 1.807) is 16.8 Å². The van der Waals surface area contributed by atoms with Gasteiger partial charge >= 0.3 is 12.1 Å². The predicted molar refractivity (Wildman–Crippen MR) is 183 cm³/mol. The van der Waals surface area contributed by atoms with Crippen LogP contribution in [-0.4, -0.2) is 96.8 Å². The summed E-state index contributed by atoms with van der Waals surface area (Å²) in [5.74, 6) is -2.06. The number of anilines is 2. The van der Waals surface area contributed by atoms with E-state index >= 15 is 0 Å². The number of amides is 1. The molecule has 12 heteroatoms. The van der Waals surface area contributed by atoms with Crippen molar-refractivity contribution >= 4 is 28.4 Å². The van der Waals surface area contributed by atoms with Crippen molar-refractivity contribution in [2.75, 3.05) is 62.7 Å². The zero-order valence-electron chi connectivity index (χ0n) is 27.5. The quantitative estimate of drug-likeness (QED) is 0.223. The molecule has 3 aliphatic rings. The number of hydrogen-bond donors (Lipinski definition) is 0. The Kier molecular flexibility index (Phi) is 9.19. The molecule has 3 aliphatic heterocycles. The van der Waals surface area contributed by atoms with Crippen molar-refractivity contribution in [2.24, 2.45) is 0 Å². The normalized spacial score (nSPS) is 20.6. The maximum atomic E-state index is 14.1. The number of rotatable bonds is 8. The van der Waals surface area contributed by atoms with Crippen molar-refractivity contribution in [1.29, 1.82) is 0 Å². The highest BCUT2D eigenvalue weighted by molar-refractivity contribution is 5.94. The van der Waals surface area contributed by atoms with E-state index in [1.165, 1.54) is 0 Å². The number of fused-ring (bicyclic) bond motifs is 2. The number of carbonyl (C=O) groups excluding carboxylic acids is 1. The number of aromatic nitrogens is 2. The molecular weight excluding hydrogens is 628 g/mol. The van der Waals surface area contributed by atoms with Gasteiger partial charge in [-0.3, -0.25) is 9.80 Å². The van der Waals surface area contributed by atoms with E-state index in [-0.39, 0.29) is 38.7 Å². The SMILES string of the molecule is [C-]#[N+]C[C@H]1CN(c2nc(OC[C@@H]3CC(F)(F)CN3C)nc3c2CCN(c2cccc4ccccc24)C3)CCN1C(=O)OCc1ccccc1. The molecule has 10 nitrogen and oxygen atoms in total. The molecule has 3 aromatic carbocycles. The number of piperazine rings is 1. The van der Waals surface area contributed by atoms with E-state index in [4.69, 9.17) is 26.0 Å². The van der Waals surface area contributed by atoms with Crippen LogP contribution in [0.15, 0.2) is 72.8 Å². The molecule has 7 rings (SSSR count). The van der Waals surface area contributed by atoms with E-state index < -0.39 is 24.1 Å². The number of likely N-dealkylation sites (N-methyl/N-ethyl adjacent to an activating group) is 1. The van der Waals surface area contributed by atoms with Crippen molar-refractivity contribution in [1.82, 2.24) is 19.8 Å². The number of benzene rings is 3. The second-order valence-electron chi connectivity index (χ2n) is 13.0. The Morgan fingerprint density at radius 3 is 2.57 bits per heavy atom. The first-order valence-corrected chi connectivity index (χ1v) is 16.7. The van der Waals surface area contributed by atoms with Gasteiger partial charge in [-0.15, -0.1) is 0 Å². The molecule has 0 unspecified atom stereocenters. The van der Waals surface area contributed by atoms with Gasteiger partial charge in [-0.05, 0) is 30.5 Å². The van der Waals surface area contributed by atoms with E-state index in [1.807, 2.05) is 42.5 Å². The lowest BCUT2D eigenvalue weighted by Crippen LogP contribution is -2.57. The molecule has 49 heavy (non-hydrogen) atoms. The monoisotopic (exact) mass is 667 g/mol. The highest BCUT2D eigenvalue weighted by Gasteiger charge is 2.43. The van der Waals surface area contributed by atoms with E-state index in [0.29, 0.717) is 38.4 Å². The molecule has 0 spiro atoms. The smallest absolute Gasteiger partial charge is 0.410 e. The van der Waals surface area contributed by atoms with Crippen molar-refractivity contribution in [3.05, 3.63) is 101 Å². The van der Waals surface area contributed by atoms with Gasteiger partial charge < -0.3 is 24.1 Å². The third-order valence-electron chi connectivity index (χ3n) is 9.70. The van der Waals surface area contributed by atoms with Gasteiger partial charge in [0, 0.05) is 55.3 Å². The second-order valence-corrected chi connectivity index (χ2v) is 13.0. The zero-order chi connectivity index (χ0) is 34.0. The summed E-state index contributed by atoms with van der Waals surface area (Å²) >= 11 is 0. The minimum Gasteiger partial charge on any atom is -0.462 e. The summed E-state index contributed by atoms with van der Waals surface area (Å²) in [4.78, 5) is 34.3. The van der Waals surface area contributed by atoms with Gasteiger partial charge in [-0.2, -0.15) is 9.97 Å². The minimum atomic E-state index is -2.76. The minimum absolute atomic E-state index is 0.0404. The summed E-state index contributed by atoms with van der Waals surface area (Å²) in [7, 11) is 1.68. The molecule has 2 saturated heterocycles. The second kappa shape index (κ2) is 13.8. The van der Waals surface area contributed by atoms with Crippen LogP contribution in [-0.2, 0) is 24.3 Å². The molecule has 0 aliphatic carbocycles.